The summed E-state index contributed by atoms with van der Waals surface area (Å²) >= 11 is 2.69. The minimum Gasteiger partial charge on any atom is -0.507 e. The van der Waals surface area contributed by atoms with E-state index in [1.807, 2.05) is 42.6 Å². The quantitative estimate of drug-likeness (QED) is 0.221. The number of nitrogens with zero attached hydrogens (tertiary/aromatic N) is 2. The number of anilines is 1. The predicted molar refractivity (Wildman–Crippen MR) is 137 cm³/mol. The maximum absolute atomic E-state index is 13.4. The second-order valence-electron chi connectivity index (χ2n) is 8.10. The molecule has 0 saturated carbocycles. The number of rotatable bonds is 5. The van der Waals surface area contributed by atoms with Crippen LogP contribution in [0.2, 0.25) is 0 Å². The van der Waals surface area contributed by atoms with Gasteiger partial charge in [-0.3, -0.25) is 14.5 Å². The molecule has 36 heavy (non-hydrogen) atoms. The molecule has 0 spiro atoms. The van der Waals surface area contributed by atoms with Crippen LogP contribution < -0.4 is 19.1 Å². The van der Waals surface area contributed by atoms with Crippen molar-refractivity contribution in [3.05, 3.63) is 69.9 Å². The molecule has 10 heteroatoms. The monoisotopic (exact) mass is 520 g/mol. The molecule has 1 fully saturated rings. The zero-order chi connectivity index (χ0) is 24.8. The Morgan fingerprint density at radius 1 is 1.14 bits per heavy atom. The van der Waals surface area contributed by atoms with Crippen LogP contribution in [0.15, 0.2) is 59.5 Å². The van der Waals surface area contributed by atoms with Crippen molar-refractivity contribution in [3.8, 4) is 17.2 Å². The summed E-state index contributed by atoms with van der Waals surface area (Å²) in [7, 11) is 0. The molecule has 2 aliphatic heterocycles. The normalized spacial score (nSPS) is 18.7. The molecule has 0 bridgehead atoms. The van der Waals surface area contributed by atoms with Crippen LogP contribution in [-0.2, 0) is 9.59 Å². The minimum absolute atomic E-state index is 0.00777. The number of ketones is 1. The molecular weight excluding hydrogens is 500 g/mol. The molecule has 1 amide bonds. The number of Topliss-reactive ketones (excluding diaryl/α,β-unsaturated/α-hetero) is 1. The lowest BCUT2D eigenvalue weighted by molar-refractivity contribution is -0.132. The van der Waals surface area contributed by atoms with Crippen molar-refractivity contribution in [2.75, 3.05) is 24.7 Å². The first kappa shape index (κ1) is 22.6. The standard InChI is InChI=1S/C26H20N2O6S2/c1-2-32-15-6-7-16-20(13-15)36-26(27-16)28-22(19-4-3-11-35-19)21(24(30)25(28)31)23(29)14-5-8-17-18(12-14)34-10-9-33-17/h3-8,11-13,22,29H,2,9-10H2,1H3. The number of aromatic nitrogens is 1. The van der Waals surface area contributed by atoms with Crippen LogP contribution in [0.3, 0.4) is 0 Å². The SMILES string of the molecule is CCOc1ccc2nc(N3C(=O)C(=O)C(=C(O)c4ccc5c(c4)OCCO5)C3c3cccs3)sc2c1. The van der Waals surface area contributed by atoms with Gasteiger partial charge in [0.15, 0.2) is 16.6 Å². The highest BCUT2D eigenvalue weighted by molar-refractivity contribution is 7.22. The van der Waals surface area contributed by atoms with Gasteiger partial charge in [-0.05, 0) is 54.8 Å². The van der Waals surface area contributed by atoms with E-state index in [0.29, 0.717) is 53.3 Å². The van der Waals surface area contributed by atoms with Gasteiger partial charge >= 0.3 is 5.91 Å². The fourth-order valence-corrected chi connectivity index (χ4v) is 6.19. The number of amides is 1. The van der Waals surface area contributed by atoms with Gasteiger partial charge in [-0.25, -0.2) is 4.98 Å². The van der Waals surface area contributed by atoms with Gasteiger partial charge < -0.3 is 19.3 Å². The lowest BCUT2D eigenvalue weighted by atomic mass is 9.99. The Bertz CT molecular complexity index is 1520. The summed E-state index contributed by atoms with van der Waals surface area (Å²) in [6.45, 7) is 3.27. The molecule has 182 valence electrons. The van der Waals surface area contributed by atoms with E-state index in [9.17, 15) is 14.7 Å². The fraction of sp³-hybridized carbons (Fsp3) is 0.192. The highest BCUT2D eigenvalue weighted by Gasteiger charge is 2.48. The zero-order valence-electron chi connectivity index (χ0n) is 19.1. The van der Waals surface area contributed by atoms with Crippen LogP contribution in [0.4, 0.5) is 5.13 Å². The summed E-state index contributed by atoms with van der Waals surface area (Å²) in [4.78, 5) is 33.5. The molecule has 2 aliphatic rings. The molecular formula is C26H20N2O6S2. The van der Waals surface area contributed by atoms with E-state index in [1.165, 1.54) is 27.6 Å². The number of hydrogen-bond acceptors (Lipinski definition) is 9. The van der Waals surface area contributed by atoms with Crippen LogP contribution in [0.1, 0.15) is 23.4 Å². The van der Waals surface area contributed by atoms with Crippen LogP contribution in [0, 0.1) is 0 Å². The molecule has 0 radical (unpaired) electrons. The van der Waals surface area contributed by atoms with Crippen molar-refractivity contribution in [1.29, 1.82) is 0 Å². The average Bonchev–Trinajstić information content (AvgIpc) is 3.62. The number of thiazole rings is 1. The van der Waals surface area contributed by atoms with Crippen LogP contribution in [-0.4, -0.2) is 41.6 Å². The number of aliphatic hydroxyl groups is 1. The van der Waals surface area contributed by atoms with Gasteiger partial charge in [-0.15, -0.1) is 11.3 Å². The number of carbonyl (C=O) groups is 2. The number of benzene rings is 2. The van der Waals surface area contributed by atoms with Gasteiger partial charge in [0.25, 0.3) is 5.78 Å². The third-order valence-corrected chi connectivity index (χ3v) is 7.88. The number of thiophene rings is 1. The summed E-state index contributed by atoms with van der Waals surface area (Å²) in [5.74, 6) is -0.0364. The number of hydrogen-bond donors (Lipinski definition) is 1. The fourth-order valence-electron chi connectivity index (χ4n) is 4.34. The summed E-state index contributed by atoms with van der Waals surface area (Å²) in [5.41, 5.74) is 1.06. The smallest absolute Gasteiger partial charge is 0.301 e. The van der Waals surface area contributed by atoms with Crippen LogP contribution >= 0.6 is 22.7 Å². The molecule has 1 atom stereocenters. The maximum atomic E-state index is 13.4. The van der Waals surface area contributed by atoms with Gasteiger partial charge in [0, 0.05) is 10.4 Å². The van der Waals surface area contributed by atoms with Gasteiger partial charge in [0.1, 0.15) is 30.8 Å². The molecule has 4 aromatic rings. The van der Waals surface area contributed by atoms with E-state index in [4.69, 9.17) is 14.2 Å². The number of aliphatic hydroxyl groups excluding tert-OH is 1. The largest absolute Gasteiger partial charge is 0.507 e. The Kier molecular flexibility index (Phi) is 5.62. The molecule has 1 N–H and O–H groups in total. The van der Waals surface area contributed by atoms with Crippen molar-refractivity contribution < 1.29 is 28.9 Å². The first-order chi connectivity index (χ1) is 17.5. The van der Waals surface area contributed by atoms with E-state index in [0.717, 1.165) is 9.58 Å². The van der Waals surface area contributed by atoms with Gasteiger partial charge in [0.05, 0.1) is 22.4 Å². The van der Waals surface area contributed by atoms with Gasteiger partial charge in [-0.1, -0.05) is 17.4 Å². The Balaban J connectivity index is 1.48. The Morgan fingerprint density at radius 2 is 1.97 bits per heavy atom. The molecule has 1 unspecified atom stereocenters. The summed E-state index contributed by atoms with van der Waals surface area (Å²) in [6.07, 6.45) is 0. The Labute approximate surface area is 214 Å². The summed E-state index contributed by atoms with van der Waals surface area (Å²) in [6, 6.07) is 13.3. The maximum Gasteiger partial charge on any atom is 0.301 e. The first-order valence-corrected chi connectivity index (χ1v) is 13.0. The van der Waals surface area contributed by atoms with Crippen molar-refractivity contribution in [2.45, 2.75) is 13.0 Å². The molecule has 2 aromatic heterocycles. The van der Waals surface area contributed by atoms with E-state index >= 15 is 0 Å². The lowest BCUT2D eigenvalue weighted by Crippen LogP contribution is -2.28. The number of carbonyl (C=O) groups excluding carboxylic acids is 2. The molecule has 4 heterocycles. The first-order valence-electron chi connectivity index (χ1n) is 11.3. The van der Waals surface area contributed by atoms with E-state index < -0.39 is 17.7 Å². The second kappa shape index (κ2) is 8.96. The van der Waals surface area contributed by atoms with Crippen molar-refractivity contribution in [2.24, 2.45) is 0 Å². The topological polar surface area (TPSA) is 98.2 Å². The van der Waals surface area contributed by atoms with E-state index in [1.54, 1.807) is 18.2 Å². The Morgan fingerprint density at radius 3 is 2.75 bits per heavy atom. The average molecular weight is 521 g/mol. The van der Waals surface area contributed by atoms with Gasteiger partial charge in [0.2, 0.25) is 0 Å². The number of fused-ring (bicyclic) bond motifs is 2. The molecule has 6 rings (SSSR count). The van der Waals surface area contributed by atoms with Crippen LogP contribution in [0.25, 0.3) is 16.0 Å². The summed E-state index contributed by atoms with van der Waals surface area (Å²) < 4.78 is 17.6. The lowest BCUT2D eigenvalue weighted by Gasteiger charge is -2.22. The van der Waals surface area contributed by atoms with E-state index in [2.05, 4.69) is 4.98 Å². The molecule has 2 aromatic carbocycles. The van der Waals surface area contributed by atoms with Crippen molar-refractivity contribution >= 4 is 55.5 Å². The van der Waals surface area contributed by atoms with E-state index in [-0.39, 0.29) is 11.3 Å². The highest BCUT2D eigenvalue weighted by atomic mass is 32.1. The molecule has 0 aliphatic carbocycles. The third kappa shape index (κ3) is 3.69. The summed E-state index contributed by atoms with van der Waals surface area (Å²) in [5, 5.41) is 13.6. The second-order valence-corrected chi connectivity index (χ2v) is 10.1. The number of ether oxygens (including phenoxy) is 3. The van der Waals surface area contributed by atoms with Crippen LogP contribution in [0.5, 0.6) is 17.2 Å². The van der Waals surface area contributed by atoms with Crippen molar-refractivity contribution in [3.63, 3.8) is 0 Å². The zero-order valence-corrected chi connectivity index (χ0v) is 20.7. The Hall–Kier alpha value is -3.89. The molecule has 1 saturated heterocycles. The predicted octanol–water partition coefficient (Wildman–Crippen LogP) is 5.15. The minimum atomic E-state index is -0.815. The van der Waals surface area contributed by atoms with Crippen molar-refractivity contribution in [1.82, 2.24) is 4.98 Å². The molecule has 8 nitrogen and oxygen atoms in total. The highest BCUT2D eigenvalue weighted by Crippen LogP contribution is 2.46. The third-order valence-electron chi connectivity index (χ3n) is 5.94. The van der Waals surface area contributed by atoms with Gasteiger partial charge in [-0.2, -0.15) is 0 Å².